The molecule has 17 heavy (non-hydrogen) atoms. The van der Waals surface area contributed by atoms with Crippen LogP contribution < -0.4 is 5.32 Å². The Morgan fingerprint density at radius 1 is 1.29 bits per heavy atom. The van der Waals surface area contributed by atoms with Gasteiger partial charge in [0.15, 0.2) is 0 Å². The molecule has 0 amide bonds. The van der Waals surface area contributed by atoms with Crippen molar-refractivity contribution < 1.29 is 4.42 Å². The van der Waals surface area contributed by atoms with Crippen molar-refractivity contribution in [2.75, 3.05) is 0 Å². The summed E-state index contributed by atoms with van der Waals surface area (Å²) in [4.78, 5) is 0. The van der Waals surface area contributed by atoms with E-state index in [-0.39, 0.29) is 0 Å². The second kappa shape index (κ2) is 4.38. The summed E-state index contributed by atoms with van der Waals surface area (Å²) in [6.45, 7) is 3.08. The summed E-state index contributed by atoms with van der Waals surface area (Å²) in [5.74, 6) is 0.954. The predicted octanol–water partition coefficient (Wildman–Crippen LogP) is 3.51. The van der Waals surface area contributed by atoms with Crippen LogP contribution in [0.1, 0.15) is 24.0 Å². The van der Waals surface area contributed by atoms with Crippen LogP contribution in [0.4, 0.5) is 0 Å². The number of aryl methyl sites for hydroxylation is 1. The number of nitrogens with one attached hydrogen (secondary N) is 1. The summed E-state index contributed by atoms with van der Waals surface area (Å²) in [7, 11) is 0. The highest BCUT2D eigenvalue weighted by Gasteiger charge is 2.20. The van der Waals surface area contributed by atoms with E-state index in [0.29, 0.717) is 0 Å². The highest BCUT2D eigenvalue weighted by atomic mass is 16.3. The fraction of sp³-hybridized carbons (Fsp3) is 0.333. The molecule has 2 aromatic rings. The summed E-state index contributed by atoms with van der Waals surface area (Å²) in [6, 6.07) is 11.3. The Balaban J connectivity index is 1.83. The van der Waals surface area contributed by atoms with Gasteiger partial charge >= 0.3 is 0 Å². The van der Waals surface area contributed by atoms with E-state index in [1.165, 1.54) is 29.5 Å². The minimum atomic E-state index is 0.753. The van der Waals surface area contributed by atoms with Gasteiger partial charge in [-0.25, -0.2) is 0 Å². The van der Waals surface area contributed by atoms with Crippen molar-refractivity contribution in [2.45, 2.75) is 32.4 Å². The Bertz CT molecular complexity index is 498. The average molecular weight is 227 g/mol. The molecule has 1 aliphatic carbocycles. The molecule has 1 saturated carbocycles. The molecule has 3 rings (SSSR count). The molecule has 1 heterocycles. The maximum absolute atomic E-state index is 5.47. The highest BCUT2D eigenvalue weighted by molar-refractivity contribution is 5.62. The second-order valence-electron chi connectivity index (χ2n) is 4.78. The fourth-order valence-corrected chi connectivity index (χ4v) is 2.03. The van der Waals surface area contributed by atoms with Crippen LogP contribution in [0.15, 0.2) is 41.0 Å². The zero-order valence-corrected chi connectivity index (χ0v) is 10.1. The van der Waals surface area contributed by atoms with Crippen LogP contribution in [0.5, 0.6) is 0 Å². The molecule has 0 radical (unpaired) electrons. The van der Waals surface area contributed by atoms with Gasteiger partial charge in [-0.2, -0.15) is 0 Å². The van der Waals surface area contributed by atoms with Crippen LogP contribution in [0.25, 0.3) is 11.3 Å². The molecule has 1 N–H and O–H groups in total. The fourth-order valence-electron chi connectivity index (χ4n) is 2.03. The van der Waals surface area contributed by atoms with E-state index in [1.807, 2.05) is 12.1 Å². The predicted molar refractivity (Wildman–Crippen MR) is 68.7 cm³/mol. The van der Waals surface area contributed by atoms with E-state index < -0.39 is 0 Å². The Kier molecular flexibility index (Phi) is 2.73. The third-order valence-electron chi connectivity index (χ3n) is 3.26. The summed E-state index contributed by atoms with van der Waals surface area (Å²) in [6.07, 6.45) is 4.39. The van der Waals surface area contributed by atoms with E-state index >= 15 is 0 Å². The van der Waals surface area contributed by atoms with E-state index in [2.05, 4.69) is 30.4 Å². The standard InChI is InChI=1S/C15H17NO/c1-11-4-5-12(10-16-13-6-7-13)9-14(11)15-3-2-8-17-15/h2-5,8-9,13,16H,6-7,10H2,1H3. The van der Waals surface area contributed by atoms with Gasteiger partial charge in [0.25, 0.3) is 0 Å². The quantitative estimate of drug-likeness (QED) is 0.864. The van der Waals surface area contributed by atoms with Crippen molar-refractivity contribution in [3.8, 4) is 11.3 Å². The minimum Gasteiger partial charge on any atom is -0.464 e. The molecular weight excluding hydrogens is 210 g/mol. The normalized spacial score (nSPS) is 15.1. The first-order valence-corrected chi connectivity index (χ1v) is 6.20. The van der Waals surface area contributed by atoms with E-state index in [9.17, 15) is 0 Å². The molecule has 0 atom stereocenters. The first kappa shape index (κ1) is 10.6. The SMILES string of the molecule is Cc1ccc(CNC2CC2)cc1-c1ccco1. The van der Waals surface area contributed by atoms with Gasteiger partial charge in [-0.05, 0) is 49.1 Å². The van der Waals surface area contributed by atoms with Crippen molar-refractivity contribution in [1.29, 1.82) is 0 Å². The first-order chi connectivity index (χ1) is 8.33. The Hall–Kier alpha value is -1.54. The van der Waals surface area contributed by atoms with Gasteiger partial charge in [0.05, 0.1) is 6.26 Å². The maximum atomic E-state index is 5.47. The lowest BCUT2D eigenvalue weighted by Gasteiger charge is -2.07. The van der Waals surface area contributed by atoms with Gasteiger partial charge in [-0.15, -0.1) is 0 Å². The maximum Gasteiger partial charge on any atom is 0.134 e. The summed E-state index contributed by atoms with van der Waals surface area (Å²) in [5, 5.41) is 3.53. The van der Waals surface area contributed by atoms with Crippen LogP contribution in [0.2, 0.25) is 0 Å². The summed E-state index contributed by atoms with van der Waals surface area (Å²) in [5.41, 5.74) is 3.79. The molecule has 1 aromatic carbocycles. The smallest absolute Gasteiger partial charge is 0.134 e. The van der Waals surface area contributed by atoms with Gasteiger partial charge < -0.3 is 9.73 Å². The number of hydrogen-bond acceptors (Lipinski definition) is 2. The minimum absolute atomic E-state index is 0.753. The molecule has 88 valence electrons. The summed E-state index contributed by atoms with van der Waals surface area (Å²) < 4.78 is 5.47. The van der Waals surface area contributed by atoms with Gasteiger partial charge in [-0.3, -0.25) is 0 Å². The number of benzene rings is 1. The Morgan fingerprint density at radius 3 is 2.88 bits per heavy atom. The molecule has 0 unspecified atom stereocenters. The molecule has 1 fully saturated rings. The molecular formula is C15H17NO. The van der Waals surface area contributed by atoms with Crippen LogP contribution in [0, 0.1) is 6.92 Å². The van der Waals surface area contributed by atoms with Gasteiger partial charge in [0.2, 0.25) is 0 Å². The van der Waals surface area contributed by atoms with Crippen LogP contribution in [-0.2, 0) is 6.54 Å². The lowest BCUT2D eigenvalue weighted by molar-refractivity contribution is 0.581. The van der Waals surface area contributed by atoms with E-state index in [0.717, 1.165) is 18.3 Å². The molecule has 2 nitrogen and oxygen atoms in total. The zero-order valence-electron chi connectivity index (χ0n) is 10.1. The molecule has 0 saturated heterocycles. The van der Waals surface area contributed by atoms with Crippen molar-refractivity contribution in [3.63, 3.8) is 0 Å². The van der Waals surface area contributed by atoms with Crippen molar-refractivity contribution in [2.24, 2.45) is 0 Å². The molecule has 0 aliphatic heterocycles. The third kappa shape index (κ3) is 2.42. The Morgan fingerprint density at radius 2 is 2.18 bits per heavy atom. The Labute approximate surface area is 102 Å². The second-order valence-corrected chi connectivity index (χ2v) is 4.78. The molecule has 1 aromatic heterocycles. The van der Waals surface area contributed by atoms with Crippen molar-refractivity contribution in [1.82, 2.24) is 5.32 Å². The topological polar surface area (TPSA) is 25.2 Å². The van der Waals surface area contributed by atoms with E-state index in [1.54, 1.807) is 6.26 Å². The molecule has 1 aliphatic rings. The van der Waals surface area contributed by atoms with Crippen LogP contribution in [0.3, 0.4) is 0 Å². The number of furan rings is 1. The first-order valence-electron chi connectivity index (χ1n) is 6.20. The number of hydrogen-bond donors (Lipinski definition) is 1. The molecule has 0 spiro atoms. The molecule has 2 heteroatoms. The largest absolute Gasteiger partial charge is 0.464 e. The van der Waals surface area contributed by atoms with E-state index in [4.69, 9.17) is 4.42 Å². The van der Waals surface area contributed by atoms with Gasteiger partial charge in [0, 0.05) is 18.2 Å². The zero-order chi connectivity index (χ0) is 11.7. The monoisotopic (exact) mass is 227 g/mol. The van der Waals surface area contributed by atoms with Crippen LogP contribution in [-0.4, -0.2) is 6.04 Å². The van der Waals surface area contributed by atoms with Crippen LogP contribution >= 0.6 is 0 Å². The lowest BCUT2D eigenvalue weighted by Crippen LogP contribution is -2.15. The van der Waals surface area contributed by atoms with Gasteiger partial charge in [0.1, 0.15) is 5.76 Å². The van der Waals surface area contributed by atoms with Gasteiger partial charge in [-0.1, -0.05) is 12.1 Å². The van der Waals surface area contributed by atoms with Crippen molar-refractivity contribution in [3.05, 3.63) is 47.7 Å². The average Bonchev–Trinajstić information content (AvgIpc) is 3.01. The van der Waals surface area contributed by atoms with Crippen molar-refractivity contribution >= 4 is 0 Å². The highest BCUT2D eigenvalue weighted by Crippen LogP contribution is 2.25. The lowest BCUT2D eigenvalue weighted by atomic mass is 10.0. The molecule has 0 bridgehead atoms. The third-order valence-corrected chi connectivity index (χ3v) is 3.26. The summed E-state index contributed by atoms with van der Waals surface area (Å²) >= 11 is 0. The number of rotatable bonds is 4.